The fourth-order valence-electron chi connectivity index (χ4n) is 2.17. The van der Waals surface area contributed by atoms with Crippen molar-refractivity contribution in [3.8, 4) is 0 Å². The molecule has 134 valence electrons. The SMILES string of the molecule is O=C(NCCC(O)C(O)c1ccc(Cl)c(Cl)c1)OCc1ccccc1. The van der Waals surface area contributed by atoms with Crippen molar-refractivity contribution in [3.63, 3.8) is 0 Å². The predicted octanol–water partition coefficient (Wildman–Crippen LogP) is 3.70. The largest absolute Gasteiger partial charge is 0.445 e. The first-order valence-electron chi connectivity index (χ1n) is 7.73. The van der Waals surface area contributed by atoms with Crippen LogP contribution in [0, 0.1) is 0 Å². The lowest BCUT2D eigenvalue weighted by Crippen LogP contribution is -2.29. The van der Waals surface area contributed by atoms with E-state index in [2.05, 4.69) is 5.32 Å². The summed E-state index contributed by atoms with van der Waals surface area (Å²) in [6, 6.07) is 13.9. The maximum Gasteiger partial charge on any atom is 0.407 e. The zero-order valence-corrected chi connectivity index (χ0v) is 14.9. The molecule has 2 unspecified atom stereocenters. The van der Waals surface area contributed by atoms with E-state index in [4.69, 9.17) is 27.9 Å². The van der Waals surface area contributed by atoms with Gasteiger partial charge in [0.15, 0.2) is 0 Å². The number of hydrogen-bond donors (Lipinski definition) is 3. The van der Waals surface area contributed by atoms with Crippen LogP contribution in [0.2, 0.25) is 10.0 Å². The molecule has 0 aliphatic heterocycles. The summed E-state index contributed by atoms with van der Waals surface area (Å²) in [6.07, 6.45) is -2.62. The average Bonchev–Trinajstić information content (AvgIpc) is 2.62. The molecular formula is C18H19Cl2NO4. The van der Waals surface area contributed by atoms with Crippen molar-refractivity contribution in [2.24, 2.45) is 0 Å². The number of alkyl carbamates (subject to hydrolysis) is 1. The average molecular weight is 384 g/mol. The van der Waals surface area contributed by atoms with Crippen LogP contribution in [-0.4, -0.2) is 29.0 Å². The van der Waals surface area contributed by atoms with E-state index < -0.39 is 18.3 Å². The monoisotopic (exact) mass is 383 g/mol. The number of ether oxygens (including phenoxy) is 1. The first kappa shape index (κ1) is 19.5. The summed E-state index contributed by atoms with van der Waals surface area (Å²) in [7, 11) is 0. The highest BCUT2D eigenvalue weighted by Crippen LogP contribution is 2.27. The van der Waals surface area contributed by atoms with Gasteiger partial charge < -0.3 is 20.3 Å². The van der Waals surface area contributed by atoms with E-state index in [9.17, 15) is 15.0 Å². The summed E-state index contributed by atoms with van der Waals surface area (Å²) in [4.78, 5) is 11.6. The molecule has 25 heavy (non-hydrogen) atoms. The molecule has 2 aromatic rings. The molecule has 7 heteroatoms. The molecule has 0 heterocycles. The zero-order chi connectivity index (χ0) is 18.2. The quantitative estimate of drug-likeness (QED) is 0.680. The fourth-order valence-corrected chi connectivity index (χ4v) is 2.48. The van der Waals surface area contributed by atoms with Crippen LogP contribution in [0.15, 0.2) is 48.5 Å². The molecule has 0 aromatic heterocycles. The molecule has 0 spiro atoms. The smallest absolute Gasteiger partial charge is 0.407 e. The lowest BCUT2D eigenvalue weighted by Gasteiger charge is -2.18. The number of aliphatic hydroxyl groups excluding tert-OH is 2. The van der Waals surface area contributed by atoms with E-state index in [-0.39, 0.29) is 19.6 Å². The van der Waals surface area contributed by atoms with E-state index in [1.807, 2.05) is 30.3 Å². The maximum absolute atomic E-state index is 11.6. The minimum Gasteiger partial charge on any atom is -0.445 e. The Kier molecular flexibility index (Phi) is 7.52. The minimum atomic E-state index is -1.13. The summed E-state index contributed by atoms with van der Waals surface area (Å²) >= 11 is 11.7. The maximum atomic E-state index is 11.6. The zero-order valence-electron chi connectivity index (χ0n) is 13.4. The Morgan fingerprint density at radius 2 is 1.80 bits per heavy atom. The second-order valence-corrected chi connectivity index (χ2v) is 6.28. The number of rotatable bonds is 7. The number of benzene rings is 2. The van der Waals surface area contributed by atoms with E-state index in [0.717, 1.165) is 5.56 Å². The topological polar surface area (TPSA) is 78.8 Å². The molecule has 0 aliphatic rings. The summed E-state index contributed by atoms with van der Waals surface area (Å²) < 4.78 is 5.06. The Morgan fingerprint density at radius 3 is 2.48 bits per heavy atom. The van der Waals surface area contributed by atoms with Crippen LogP contribution in [0.4, 0.5) is 4.79 Å². The normalized spacial score (nSPS) is 13.1. The highest BCUT2D eigenvalue weighted by atomic mass is 35.5. The van der Waals surface area contributed by atoms with Crippen LogP contribution >= 0.6 is 23.2 Å². The fraction of sp³-hybridized carbons (Fsp3) is 0.278. The highest BCUT2D eigenvalue weighted by Gasteiger charge is 2.19. The van der Waals surface area contributed by atoms with Crippen LogP contribution in [0.3, 0.4) is 0 Å². The molecule has 3 N–H and O–H groups in total. The second-order valence-electron chi connectivity index (χ2n) is 5.46. The van der Waals surface area contributed by atoms with E-state index >= 15 is 0 Å². The molecule has 0 bridgehead atoms. The van der Waals surface area contributed by atoms with Gasteiger partial charge in [0.05, 0.1) is 16.1 Å². The van der Waals surface area contributed by atoms with Gasteiger partial charge in [0, 0.05) is 6.54 Å². The van der Waals surface area contributed by atoms with Crippen LogP contribution < -0.4 is 5.32 Å². The number of carbonyl (C=O) groups excluding carboxylic acids is 1. The summed E-state index contributed by atoms with van der Waals surface area (Å²) in [5.41, 5.74) is 1.33. The predicted molar refractivity (Wildman–Crippen MR) is 96.7 cm³/mol. The third-order valence-corrected chi connectivity index (χ3v) is 4.31. The lowest BCUT2D eigenvalue weighted by atomic mass is 10.0. The molecule has 0 saturated carbocycles. The summed E-state index contributed by atoms with van der Waals surface area (Å²) in [6.45, 7) is 0.328. The van der Waals surface area contributed by atoms with Crippen LogP contribution in [0.25, 0.3) is 0 Å². The molecule has 2 atom stereocenters. The number of nitrogens with one attached hydrogen (secondary N) is 1. The van der Waals surface area contributed by atoms with E-state index in [1.54, 1.807) is 12.1 Å². The molecule has 1 amide bonds. The standard InChI is InChI=1S/C18H19Cl2NO4/c19-14-7-6-13(10-15(14)20)17(23)16(22)8-9-21-18(24)25-11-12-4-2-1-3-5-12/h1-7,10,16-17,22-23H,8-9,11H2,(H,21,24). The van der Waals surface area contributed by atoms with Crippen LogP contribution in [-0.2, 0) is 11.3 Å². The lowest BCUT2D eigenvalue weighted by molar-refractivity contribution is 0.0136. The number of aliphatic hydroxyl groups is 2. The molecule has 0 saturated heterocycles. The van der Waals surface area contributed by atoms with Gasteiger partial charge in [-0.25, -0.2) is 4.79 Å². The number of hydrogen-bond acceptors (Lipinski definition) is 4. The number of carbonyl (C=O) groups is 1. The van der Waals surface area contributed by atoms with Gasteiger partial charge in [0.1, 0.15) is 12.7 Å². The van der Waals surface area contributed by atoms with Gasteiger partial charge in [0.25, 0.3) is 0 Å². The van der Waals surface area contributed by atoms with Gasteiger partial charge in [-0.15, -0.1) is 0 Å². The first-order valence-corrected chi connectivity index (χ1v) is 8.48. The van der Waals surface area contributed by atoms with Crippen LogP contribution in [0.5, 0.6) is 0 Å². The molecule has 2 rings (SSSR count). The minimum absolute atomic E-state index is 0.155. The molecular weight excluding hydrogens is 365 g/mol. The van der Waals surface area contributed by atoms with Crippen molar-refractivity contribution in [2.45, 2.75) is 25.2 Å². The van der Waals surface area contributed by atoms with Gasteiger partial charge in [-0.2, -0.15) is 0 Å². The van der Waals surface area contributed by atoms with Crippen LogP contribution in [0.1, 0.15) is 23.7 Å². The van der Waals surface area contributed by atoms with Crippen molar-refractivity contribution in [3.05, 3.63) is 69.7 Å². The summed E-state index contributed by atoms with van der Waals surface area (Å²) in [5, 5.41) is 23.4. The Labute approximate surface area is 156 Å². The number of amides is 1. The molecule has 0 aliphatic carbocycles. The van der Waals surface area contributed by atoms with Gasteiger partial charge in [-0.1, -0.05) is 59.6 Å². The van der Waals surface area contributed by atoms with Gasteiger partial charge >= 0.3 is 6.09 Å². The van der Waals surface area contributed by atoms with Crippen molar-refractivity contribution in [1.29, 1.82) is 0 Å². The Morgan fingerprint density at radius 1 is 1.08 bits per heavy atom. The Bertz CT molecular complexity index is 697. The first-order chi connectivity index (χ1) is 12.0. The van der Waals surface area contributed by atoms with Crippen molar-refractivity contribution >= 4 is 29.3 Å². The third-order valence-electron chi connectivity index (χ3n) is 3.57. The van der Waals surface area contributed by atoms with E-state index in [0.29, 0.717) is 15.6 Å². The number of halogens is 2. The molecule has 0 radical (unpaired) electrons. The third kappa shape index (κ3) is 6.21. The van der Waals surface area contributed by atoms with Gasteiger partial charge in [0.2, 0.25) is 0 Å². The van der Waals surface area contributed by atoms with Crippen molar-refractivity contribution < 1.29 is 19.7 Å². The van der Waals surface area contributed by atoms with E-state index in [1.165, 1.54) is 6.07 Å². The molecule has 2 aromatic carbocycles. The van der Waals surface area contributed by atoms with Gasteiger partial charge in [-0.3, -0.25) is 0 Å². The molecule has 5 nitrogen and oxygen atoms in total. The Balaban J connectivity index is 1.72. The van der Waals surface area contributed by atoms with Gasteiger partial charge in [-0.05, 0) is 29.7 Å². The van der Waals surface area contributed by atoms with Crippen molar-refractivity contribution in [1.82, 2.24) is 5.32 Å². The highest BCUT2D eigenvalue weighted by molar-refractivity contribution is 6.42. The second kappa shape index (κ2) is 9.63. The Hall–Kier alpha value is -1.79. The van der Waals surface area contributed by atoms with Crippen molar-refractivity contribution in [2.75, 3.05) is 6.54 Å². The molecule has 0 fully saturated rings. The summed E-state index contributed by atoms with van der Waals surface area (Å²) in [5.74, 6) is 0.